The second kappa shape index (κ2) is 10.2. The quantitative estimate of drug-likeness (QED) is 0.596. The van der Waals surface area contributed by atoms with Gasteiger partial charge < -0.3 is 10.4 Å². The van der Waals surface area contributed by atoms with E-state index in [0.717, 1.165) is 30.8 Å². The maximum absolute atomic E-state index is 12.3. The Morgan fingerprint density at radius 2 is 1.92 bits per heavy atom. The zero-order valence-corrected chi connectivity index (χ0v) is 14.9. The molecular weight excluding hydrogens is 332 g/mol. The average Bonchev–Trinajstić information content (AvgIpc) is 2.65. The van der Waals surface area contributed by atoms with Crippen LogP contribution < -0.4 is 5.32 Å². The van der Waals surface area contributed by atoms with Crippen molar-refractivity contribution in [1.82, 2.24) is 15.0 Å². The van der Waals surface area contributed by atoms with Gasteiger partial charge in [-0.1, -0.05) is 6.07 Å². The summed E-state index contributed by atoms with van der Waals surface area (Å²) in [6.45, 7) is 0. The highest BCUT2D eigenvalue weighted by molar-refractivity contribution is 5.80. The van der Waals surface area contributed by atoms with Crippen LogP contribution in [0.4, 0.5) is 5.82 Å². The highest BCUT2D eigenvalue weighted by Gasteiger charge is 2.19. The average molecular weight is 356 g/mol. The first kappa shape index (κ1) is 19.5. The number of aliphatic carboxylic acids is 1. The molecule has 2 N–H and O–H groups in total. The summed E-state index contributed by atoms with van der Waals surface area (Å²) >= 11 is 0. The number of unbranched alkanes of at least 4 members (excludes halogenated alkanes) is 1. The van der Waals surface area contributed by atoms with Crippen molar-refractivity contribution in [2.45, 2.75) is 44.4 Å². The molecule has 1 atom stereocenters. The van der Waals surface area contributed by atoms with Crippen LogP contribution in [-0.4, -0.2) is 38.9 Å². The summed E-state index contributed by atoms with van der Waals surface area (Å²) in [6, 6.07) is 5.83. The molecule has 0 aliphatic carbocycles. The Hall–Kier alpha value is -2.83. The molecule has 2 aromatic heterocycles. The monoisotopic (exact) mass is 356 g/mol. The second-order valence-electron chi connectivity index (χ2n) is 6.18. The molecule has 2 rings (SSSR count). The number of nitrogens with zero attached hydrogens (tertiary/aromatic N) is 3. The third-order valence-electron chi connectivity index (χ3n) is 4.15. The predicted octanol–water partition coefficient (Wildman–Crippen LogP) is 2.84. The van der Waals surface area contributed by atoms with Gasteiger partial charge in [0.1, 0.15) is 17.9 Å². The molecule has 7 heteroatoms. The molecule has 138 valence electrons. The van der Waals surface area contributed by atoms with Gasteiger partial charge in [0.2, 0.25) is 0 Å². The molecular formula is C19H24N4O3. The number of carbonyl (C=O) groups excluding carboxylic acids is 1. The molecule has 0 spiro atoms. The number of Topliss-reactive ketones (excluding diaryl/α,β-unsaturated/α-hetero) is 1. The standard InChI is InChI=1S/C19H24N4O3/c1-20-18-8-4-6-16(23-18)5-2-3-7-17(24)9-14(10-19(25)26)15-11-21-13-22-12-15/h4,6,8,11-14H,2-3,5,7,9-10H2,1H3,(H,20,23)(H,25,26). The topological polar surface area (TPSA) is 105 Å². The van der Waals surface area contributed by atoms with E-state index >= 15 is 0 Å². The lowest BCUT2D eigenvalue weighted by Gasteiger charge is -2.13. The molecule has 0 aliphatic rings. The second-order valence-corrected chi connectivity index (χ2v) is 6.18. The predicted molar refractivity (Wildman–Crippen MR) is 98.0 cm³/mol. The van der Waals surface area contributed by atoms with Crippen LogP contribution in [0.3, 0.4) is 0 Å². The van der Waals surface area contributed by atoms with Gasteiger partial charge in [0.15, 0.2) is 0 Å². The lowest BCUT2D eigenvalue weighted by Crippen LogP contribution is -2.12. The molecule has 0 aromatic carbocycles. The van der Waals surface area contributed by atoms with E-state index in [2.05, 4.69) is 20.3 Å². The number of ketones is 1. The van der Waals surface area contributed by atoms with E-state index < -0.39 is 5.97 Å². The summed E-state index contributed by atoms with van der Waals surface area (Å²) in [4.78, 5) is 35.6. The fourth-order valence-electron chi connectivity index (χ4n) is 2.80. The fourth-order valence-corrected chi connectivity index (χ4v) is 2.80. The highest BCUT2D eigenvalue weighted by atomic mass is 16.4. The van der Waals surface area contributed by atoms with Crippen LogP contribution in [0.25, 0.3) is 0 Å². The van der Waals surface area contributed by atoms with Crippen LogP contribution in [-0.2, 0) is 16.0 Å². The Morgan fingerprint density at radius 1 is 1.15 bits per heavy atom. The molecule has 2 heterocycles. The molecule has 7 nitrogen and oxygen atoms in total. The van der Waals surface area contributed by atoms with Gasteiger partial charge in [0.25, 0.3) is 0 Å². The minimum atomic E-state index is -0.929. The zero-order valence-electron chi connectivity index (χ0n) is 14.9. The van der Waals surface area contributed by atoms with Crippen LogP contribution in [0.1, 0.15) is 49.3 Å². The summed E-state index contributed by atoms with van der Waals surface area (Å²) < 4.78 is 0. The lowest BCUT2D eigenvalue weighted by molar-refractivity contribution is -0.137. The Balaban J connectivity index is 1.79. The first-order valence-electron chi connectivity index (χ1n) is 8.70. The summed E-state index contributed by atoms with van der Waals surface area (Å²) in [6.07, 6.45) is 7.53. The van der Waals surface area contributed by atoms with E-state index in [0.29, 0.717) is 12.0 Å². The van der Waals surface area contributed by atoms with E-state index in [-0.39, 0.29) is 24.5 Å². The number of hydrogen-bond donors (Lipinski definition) is 2. The van der Waals surface area contributed by atoms with Crippen LogP contribution in [0, 0.1) is 0 Å². The Kier molecular flexibility index (Phi) is 7.67. The number of carboxylic acid groups (broad SMARTS) is 1. The summed E-state index contributed by atoms with van der Waals surface area (Å²) in [5.41, 5.74) is 1.69. The van der Waals surface area contributed by atoms with Crippen molar-refractivity contribution in [3.8, 4) is 0 Å². The van der Waals surface area contributed by atoms with Crippen LogP contribution in [0.15, 0.2) is 36.9 Å². The number of carbonyl (C=O) groups is 2. The number of hydrogen-bond acceptors (Lipinski definition) is 6. The minimum absolute atomic E-state index is 0.0667. The number of anilines is 1. The summed E-state index contributed by atoms with van der Waals surface area (Å²) in [5.74, 6) is -0.408. The molecule has 0 saturated carbocycles. The van der Waals surface area contributed by atoms with Gasteiger partial charge in [0, 0.05) is 43.9 Å². The van der Waals surface area contributed by atoms with E-state index in [4.69, 9.17) is 5.11 Å². The van der Waals surface area contributed by atoms with Crippen molar-refractivity contribution in [1.29, 1.82) is 0 Å². The van der Waals surface area contributed by atoms with Gasteiger partial charge in [0.05, 0.1) is 6.42 Å². The van der Waals surface area contributed by atoms with Crippen molar-refractivity contribution in [3.63, 3.8) is 0 Å². The number of pyridine rings is 1. The number of carboxylic acids is 1. The highest BCUT2D eigenvalue weighted by Crippen LogP contribution is 2.23. The van der Waals surface area contributed by atoms with Gasteiger partial charge >= 0.3 is 5.97 Å². The number of aromatic nitrogens is 3. The number of rotatable bonds is 11. The van der Waals surface area contributed by atoms with E-state index in [1.165, 1.54) is 6.33 Å². The number of aryl methyl sites for hydroxylation is 1. The Morgan fingerprint density at radius 3 is 2.62 bits per heavy atom. The van der Waals surface area contributed by atoms with E-state index in [9.17, 15) is 9.59 Å². The zero-order chi connectivity index (χ0) is 18.8. The molecule has 0 fully saturated rings. The molecule has 26 heavy (non-hydrogen) atoms. The smallest absolute Gasteiger partial charge is 0.303 e. The van der Waals surface area contributed by atoms with Crippen LogP contribution in [0.5, 0.6) is 0 Å². The fraction of sp³-hybridized carbons (Fsp3) is 0.421. The first-order chi connectivity index (χ1) is 12.6. The van der Waals surface area contributed by atoms with Crippen molar-refractivity contribution in [3.05, 3.63) is 48.2 Å². The Labute approximate surface area is 152 Å². The van der Waals surface area contributed by atoms with Gasteiger partial charge in [-0.25, -0.2) is 15.0 Å². The molecule has 1 unspecified atom stereocenters. The summed E-state index contributed by atoms with van der Waals surface area (Å²) in [5, 5.41) is 12.1. The van der Waals surface area contributed by atoms with Gasteiger partial charge in [-0.3, -0.25) is 9.59 Å². The van der Waals surface area contributed by atoms with Crippen LogP contribution in [0.2, 0.25) is 0 Å². The third kappa shape index (κ3) is 6.58. The van der Waals surface area contributed by atoms with Crippen LogP contribution >= 0.6 is 0 Å². The van der Waals surface area contributed by atoms with Crippen molar-refractivity contribution < 1.29 is 14.7 Å². The van der Waals surface area contributed by atoms with E-state index in [1.54, 1.807) is 12.4 Å². The summed E-state index contributed by atoms with van der Waals surface area (Å²) in [7, 11) is 1.83. The molecule has 0 radical (unpaired) electrons. The maximum Gasteiger partial charge on any atom is 0.303 e. The lowest BCUT2D eigenvalue weighted by atomic mass is 9.91. The van der Waals surface area contributed by atoms with Gasteiger partial charge in [-0.05, 0) is 37.0 Å². The van der Waals surface area contributed by atoms with Crippen molar-refractivity contribution in [2.75, 3.05) is 12.4 Å². The van der Waals surface area contributed by atoms with Gasteiger partial charge in [-0.2, -0.15) is 0 Å². The SMILES string of the molecule is CNc1cccc(CCCCC(=O)CC(CC(=O)O)c2cncnc2)n1. The first-order valence-corrected chi connectivity index (χ1v) is 8.70. The molecule has 2 aromatic rings. The van der Waals surface area contributed by atoms with E-state index in [1.807, 2.05) is 25.2 Å². The van der Waals surface area contributed by atoms with Gasteiger partial charge in [-0.15, -0.1) is 0 Å². The maximum atomic E-state index is 12.3. The number of nitrogens with one attached hydrogen (secondary N) is 1. The molecule has 0 saturated heterocycles. The Bertz CT molecular complexity index is 722. The molecule has 0 amide bonds. The largest absolute Gasteiger partial charge is 0.481 e. The molecule has 0 bridgehead atoms. The third-order valence-corrected chi connectivity index (χ3v) is 4.15. The molecule has 0 aliphatic heterocycles. The minimum Gasteiger partial charge on any atom is -0.481 e. The van der Waals surface area contributed by atoms with Crippen molar-refractivity contribution >= 4 is 17.6 Å². The van der Waals surface area contributed by atoms with Crippen molar-refractivity contribution in [2.24, 2.45) is 0 Å². The normalized spacial score (nSPS) is 11.7.